The highest BCUT2D eigenvalue weighted by Crippen LogP contribution is 2.83. The highest BCUT2D eigenvalue weighted by atomic mass is 33.1. The van der Waals surface area contributed by atoms with Crippen molar-refractivity contribution < 1.29 is 53.3 Å². The van der Waals surface area contributed by atoms with Gasteiger partial charge in [-0.2, -0.15) is 0 Å². The Hall–Kier alpha value is -1.94. The van der Waals surface area contributed by atoms with E-state index < -0.39 is 41.4 Å². The molecule has 0 radical (unpaired) electrons. The van der Waals surface area contributed by atoms with Gasteiger partial charge in [-0.1, -0.05) is 93.5 Å². The molecule has 0 bridgehead atoms. The fourth-order valence-corrected chi connectivity index (χ4v) is 17.9. The van der Waals surface area contributed by atoms with Crippen LogP contribution < -0.4 is 0 Å². The van der Waals surface area contributed by atoms with E-state index in [0.717, 1.165) is 66.6 Å². The lowest BCUT2D eigenvalue weighted by atomic mass is 9.46. The zero-order valence-corrected chi connectivity index (χ0v) is 42.8. The number of carbonyl (C=O) groups excluding carboxylic acids is 2. The van der Waals surface area contributed by atoms with Gasteiger partial charge in [0.25, 0.3) is 0 Å². The standard InChI is InChI=1S/C55H76O11S2/c1-29(2)53-46(65-53)47-55(66-47)52(7)22-18-37-38(28-61-49(37)60)41(52)27-44-54(55,64-44)50(53)63-48(59)31(4)19-23-67-68-24-20-45(58)62-43(34-12-13-34)17-10-30(3)39-15-16-40-33(9-8-21-51(39,40)6)11-14-35-25-36(56)26-42(57)32(35)5/h10-11,14,17,29-31,34,36,39-44,46-48,50,56-57,59H,5,8-9,12-13,15-16,18-28H2,1-4,6-7H3/b17-10+,33-11+,35-14-/t30-,31?,36+,39?,40?,41?,42-,43?,44-,46-,47-,48?,50+,51+,52-,53-,54+,55+/m0/s1. The van der Waals surface area contributed by atoms with E-state index in [1.54, 1.807) is 21.6 Å². The quantitative estimate of drug-likeness (QED) is 0.0317. The molecule has 4 aliphatic heterocycles. The lowest BCUT2D eigenvalue weighted by Crippen LogP contribution is -2.70. The molecule has 3 N–H and O–H groups in total. The van der Waals surface area contributed by atoms with Gasteiger partial charge in [0.15, 0.2) is 11.9 Å². The predicted molar refractivity (Wildman–Crippen MR) is 261 cm³/mol. The summed E-state index contributed by atoms with van der Waals surface area (Å²) in [6.07, 6.45) is 18.1. The zero-order chi connectivity index (χ0) is 47.7. The summed E-state index contributed by atoms with van der Waals surface area (Å²) in [7, 11) is 3.41. The minimum Gasteiger partial charge on any atom is -0.458 e. The molecule has 2 spiro atoms. The van der Waals surface area contributed by atoms with E-state index in [-0.39, 0.29) is 64.9 Å². The van der Waals surface area contributed by atoms with Crippen molar-refractivity contribution in [3.63, 3.8) is 0 Å². The first-order valence-corrected chi connectivity index (χ1v) is 28.8. The summed E-state index contributed by atoms with van der Waals surface area (Å²) in [4.78, 5) is 25.8. The number of ether oxygens (including phenoxy) is 6. The molecule has 6 saturated carbocycles. The third kappa shape index (κ3) is 7.52. The van der Waals surface area contributed by atoms with Crippen molar-refractivity contribution in [2.24, 2.45) is 52.3 Å². The van der Waals surface area contributed by atoms with Gasteiger partial charge in [0, 0.05) is 34.8 Å². The molecule has 11 aliphatic rings. The smallest absolute Gasteiger partial charge is 0.334 e. The number of aliphatic hydroxyl groups excluding tert-OH is 3. The van der Waals surface area contributed by atoms with Gasteiger partial charge in [0.05, 0.1) is 24.7 Å². The first-order valence-electron chi connectivity index (χ1n) is 26.3. The third-order valence-electron chi connectivity index (χ3n) is 19.9. The lowest BCUT2D eigenvalue weighted by Gasteiger charge is -2.54. The van der Waals surface area contributed by atoms with Crippen LogP contribution in [0.2, 0.25) is 0 Å². The average Bonchev–Trinajstić information content (AvgIpc) is 4.15. The van der Waals surface area contributed by atoms with Gasteiger partial charge in [0.1, 0.15) is 42.2 Å². The monoisotopic (exact) mass is 976 g/mol. The number of rotatable bonds is 17. The topological polar surface area (TPSA) is 160 Å². The molecule has 9 fully saturated rings. The van der Waals surface area contributed by atoms with Crippen molar-refractivity contribution in [3.8, 4) is 0 Å². The summed E-state index contributed by atoms with van der Waals surface area (Å²) in [6, 6.07) is 0. The number of allylic oxidation sites excluding steroid dienone is 4. The molecule has 11 rings (SSSR count). The fourth-order valence-electron chi connectivity index (χ4n) is 15.7. The molecule has 7 aliphatic carbocycles. The molecule has 11 nitrogen and oxygen atoms in total. The molecule has 0 aromatic rings. The Morgan fingerprint density at radius 3 is 2.51 bits per heavy atom. The second kappa shape index (κ2) is 17.6. The Morgan fingerprint density at radius 1 is 0.941 bits per heavy atom. The second-order valence-electron chi connectivity index (χ2n) is 23.8. The predicted octanol–water partition coefficient (Wildman–Crippen LogP) is 8.90. The molecule has 18 atom stereocenters. The fraction of sp³-hybridized carbons (Fsp3) is 0.782. The largest absolute Gasteiger partial charge is 0.458 e. The van der Waals surface area contributed by atoms with Crippen molar-refractivity contribution in [2.45, 2.75) is 197 Å². The first-order chi connectivity index (χ1) is 32.5. The molecular weight excluding hydrogens is 901 g/mol. The summed E-state index contributed by atoms with van der Waals surface area (Å²) in [6.45, 7) is 18.0. The summed E-state index contributed by atoms with van der Waals surface area (Å²) >= 11 is 0. The van der Waals surface area contributed by atoms with Gasteiger partial charge >= 0.3 is 11.9 Å². The molecule has 3 saturated heterocycles. The molecule has 68 heavy (non-hydrogen) atoms. The number of epoxide rings is 3. The Kier molecular flexibility index (Phi) is 12.5. The van der Waals surface area contributed by atoms with E-state index in [0.29, 0.717) is 61.7 Å². The molecule has 0 aromatic carbocycles. The number of aliphatic hydroxyl groups is 3. The molecule has 6 unspecified atom stereocenters. The highest BCUT2D eigenvalue weighted by Gasteiger charge is 3.01. The summed E-state index contributed by atoms with van der Waals surface area (Å²) in [5.41, 5.74) is 3.26. The molecular formula is C55H76O11S2. The van der Waals surface area contributed by atoms with E-state index in [4.69, 9.17) is 28.4 Å². The summed E-state index contributed by atoms with van der Waals surface area (Å²) in [5, 5.41) is 32.4. The summed E-state index contributed by atoms with van der Waals surface area (Å²) in [5.74, 6) is 3.17. The lowest BCUT2D eigenvalue weighted by molar-refractivity contribution is -0.219. The van der Waals surface area contributed by atoms with Crippen LogP contribution in [0, 0.1) is 52.3 Å². The minimum absolute atomic E-state index is 0.0936. The highest BCUT2D eigenvalue weighted by molar-refractivity contribution is 8.76. The van der Waals surface area contributed by atoms with Crippen molar-refractivity contribution >= 4 is 33.5 Å². The van der Waals surface area contributed by atoms with E-state index in [9.17, 15) is 24.9 Å². The van der Waals surface area contributed by atoms with Crippen molar-refractivity contribution in [1.82, 2.24) is 0 Å². The van der Waals surface area contributed by atoms with Gasteiger partial charge in [-0.15, -0.1) is 0 Å². The molecule has 0 aromatic heterocycles. The van der Waals surface area contributed by atoms with E-state index >= 15 is 0 Å². The van der Waals surface area contributed by atoms with Crippen LogP contribution in [0.15, 0.2) is 58.7 Å². The Balaban J connectivity index is 0.644. The molecule has 0 amide bonds. The maximum Gasteiger partial charge on any atom is 0.334 e. The minimum atomic E-state index is -1.01. The van der Waals surface area contributed by atoms with Crippen molar-refractivity contribution in [2.75, 3.05) is 18.1 Å². The second-order valence-corrected chi connectivity index (χ2v) is 26.5. The SMILES string of the molecule is C=C1/C(=C\C=C2/CCC[C@@]3(C)C2CCC3[C@@H](C)/C=C/C(OC(=O)CCSSCCC(C)C(O)O[C@@H]2[C@@]3(C(C)C)O[C@H]3[C@@H]3O[C@]34[C@]23O[C@H]3CC2C3=C(CC[C@@]24C)C(=O)OC3)C2CC2)C[C@@H](O)C[C@@H]1O. The van der Waals surface area contributed by atoms with Crippen LogP contribution in [-0.2, 0) is 38.0 Å². The zero-order valence-electron chi connectivity index (χ0n) is 41.1. The van der Waals surface area contributed by atoms with Crippen LogP contribution in [0.3, 0.4) is 0 Å². The van der Waals surface area contributed by atoms with Crippen LogP contribution in [0.25, 0.3) is 0 Å². The first kappa shape index (κ1) is 48.3. The average molecular weight is 977 g/mol. The maximum atomic E-state index is 13.2. The van der Waals surface area contributed by atoms with Crippen LogP contribution in [0.4, 0.5) is 0 Å². The number of cyclic esters (lactones) is 1. The molecule has 4 heterocycles. The van der Waals surface area contributed by atoms with Gasteiger partial charge in [-0.3, -0.25) is 4.79 Å². The Labute approximate surface area is 411 Å². The molecule has 13 heteroatoms. The Morgan fingerprint density at radius 2 is 1.74 bits per heavy atom. The molecule has 374 valence electrons. The number of hydrogen-bond donors (Lipinski definition) is 3. The maximum absolute atomic E-state index is 13.2. The van der Waals surface area contributed by atoms with Crippen LogP contribution in [-0.4, -0.2) is 111 Å². The van der Waals surface area contributed by atoms with Gasteiger partial charge in [-0.05, 0) is 141 Å². The normalized spacial score (nSPS) is 45.9. The van der Waals surface area contributed by atoms with Gasteiger partial charge in [0.2, 0.25) is 0 Å². The van der Waals surface area contributed by atoms with Gasteiger partial charge < -0.3 is 43.7 Å². The Bertz CT molecular complexity index is 2180. The van der Waals surface area contributed by atoms with Crippen LogP contribution >= 0.6 is 21.6 Å². The van der Waals surface area contributed by atoms with Crippen LogP contribution in [0.1, 0.15) is 131 Å². The van der Waals surface area contributed by atoms with Gasteiger partial charge in [-0.25, -0.2) is 4.79 Å². The summed E-state index contributed by atoms with van der Waals surface area (Å²) < 4.78 is 38.9. The van der Waals surface area contributed by atoms with E-state index in [1.807, 2.05) is 6.92 Å². The third-order valence-corrected chi connectivity index (χ3v) is 22.3. The van der Waals surface area contributed by atoms with E-state index in [1.165, 1.54) is 31.3 Å². The number of esters is 2. The number of carbonyl (C=O) groups is 2. The van der Waals surface area contributed by atoms with E-state index in [2.05, 4.69) is 65.5 Å². The van der Waals surface area contributed by atoms with Crippen molar-refractivity contribution in [3.05, 3.63) is 58.7 Å². The van der Waals surface area contributed by atoms with Crippen LogP contribution in [0.5, 0.6) is 0 Å². The number of fused-ring (bicyclic) bond motifs is 5. The number of hydrogen-bond acceptors (Lipinski definition) is 13. The van der Waals surface area contributed by atoms with Crippen molar-refractivity contribution in [1.29, 1.82) is 0 Å².